The Hall–Kier alpha value is -1.17. The molecule has 0 aliphatic rings. The van der Waals surface area contributed by atoms with Gasteiger partial charge in [-0.2, -0.15) is 4.31 Å². The molecule has 0 heterocycles. The van der Waals surface area contributed by atoms with Crippen LogP contribution in [0, 0.1) is 13.8 Å². The highest BCUT2D eigenvalue weighted by atomic mass is 32.2. The van der Waals surface area contributed by atoms with E-state index in [4.69, 9.17) is 5.73 Å². The lowest BCUT2D eigenvalue weighted by Gasteiger charge is -2.21. The monoisotopic (exact) mass is 282 g/mol. The summed E-state index contributed by atoms with van der Waals surface area (Å²) in [7, 11) is -3.49. The van der Waals surface area contributed by atoms with Crippen molar-refractivity contribution in [3.8, 4) is 0 Å². The minimum Gasteiger partial charge on any atom is -0.326 e. The van der Waals surface area contributed by atoms with Gasteiger partial charge < -0.3 is 5.73 Å². The van der Waals surface area contributed by atoms with Gasteiger partial charge in [0.2, 0.25) is 10.0 Å². The molecule has 0 aromatic heterocycles. The molecule has 0 saturated heterocycles. The van der Waals surface area contributed by atoms with E-state index in [0.29, 0.717) is 24.5 Å². The van der Waals surface area contributed by atoms with Gasteiger partial charge in [0.25, 0.3) is 0 Å². The lowest BCUT2D eigenvalue weighted by molar-refractivity contribution is 0.459. The van der Waals surface area contributed by atoms with E-state index >= 15 is 0 Å². The lowest BCUT2D eigenvalue weighted by atomic mass is 10.1. The summed E-state index contributed by atoms with van der Waals surface area (Å²) >= 11 is 0. The van der Waals surface area contributed by atoms with Gasteiger partial charge in [-0.25, -0.2) is 8.42 Å². The Labute approximate surface area is 116 Å². The van der Waals surface area contributed by atoms with Crippen LogP contribution < -0.4 is 5.73 Å². The molecule has 5 heteroatoms. The summed E-state index contributed by atoms with van der Waals surface area (Å²) in [5.74, 6) is 0. The van der Waals surface area contributed by atoms with Crippen LogP contribution in [-0.2, 0) is 16.6 Å². The maximum absolute atomic E-state index is 12.6. The van der Waals surface area contributed by atoms with Crippen molar-refractivity contribution in [2.24, 2.45) is 5.73 Å². The summed E-state index contributed by atoms with van der Waals surface area (Å²) in [5.41, 5.74) is 8.17. The number of nitrogens with two attached hydrogens (primary N) is 1. The van der Waals surface area contributed by atoms with Crippen LogP contribution in [-0.4, -0.2) is 25.8 Å². The largest absolute Gasteiger partial charge is 0.326 e. The van der Waals surface area contributed by atoms with Gasteiger partial charge in [-0.1, -0.05) is 19.1 Å². The molecule has 1 rings (SSSR count). The fourth-order valence-electron chi connectivity index (χ4n) is 1.97. The maximum Gasteiger partial charge on any atom is 0.243 e. The average Bonchev–Trinajstić information content (AvgIpc) is 2.38. The molecule has 1 aromatic rings. The van der Waals surface area contributed by atoms with Gasteiger partial charge in [0.05, 0.1) is 4.90 Å². The molecule has 0 unspecified atom stereocenters. The third-order valence-electron chi connectivity index (χ3n) is 3.22. The third kappa shape index (κ3) is 3.23. The molecule has 0 aliphatic heterocycles. The normalized spacial score (nSPS) is 11.8. The number of hydrogen-bond acceptors (Lipinski definition) is 3. The molecule has 0 fully saturated rings. The number of likely N-dealkylation sites (N-methyl/N-ethyl adjacent to an activating group) is 1. The highest BCUT2D eigenvalue weighted by Gasteiger charge is 2.24. The van der Waals surface area contributed by atoms with Crippen LogP contribution in [0.1, 0.15) is 23.6 Å². The SMILES string of the molecule is C=CCN(CC)S(=O)(=O)c1cc(CN)cc(C)c1C. The van der Waals surface area contributed by atoms with Crippen LogP contribution in [0.3, 0.4) is 0 Å². The van der Waals surface area contributed by atoms with Gasteiger partial charge in [-0.15, -0.1) is 6.58 Å². The summed E-state index contributed by atoms with van der Waals surface area (Å²) in [6.07, 6.45) is 1.59. The van der Waals surface area contributed by atoms with Crippen molar-refractivity contribution in [2.45, 2.75) is 32.2 Å². The van der Waals surface area contributed by atoms with Crippen molar-refractivity contribution in [3.05, 3.63) is 41.5 Å². The fourth-order valence-corrected chi connectivity index (χ4v) is 3.73. The summed E-state index contributed by atoms with van der Waals surface area (Å²) in [4.78, 5) is 0.344. The minimum absolute atomic E-state index is 0.310. The van der Waals surface area contributed by atoms with Gasteiger partial charge >= 0.3 is 0 Å². The molecule has 0 atom stereocenters. The topological polar surface area (TPSA) is 63.4 Å². The Kier molecular flexibility index (Phi) is 5.29. The lowest BCUT2D eigenvalue weighted by Crippen LogP contribution is -2.31. The zero-order chi connectivity index (χ0) is 14.6. The van der Waals surface area contributed by atoms with Crippen LogP contribution in [0.25, 0.3) is 0 Å². The summed E-state index contributed by atoms with van der Waals surface area (Å²) in [5, 5.41) is 0. The zero-order valence-electron chi connectivity index (χ0n) is 11.8. The first-order valence-corrected chi connectivity index (χ1v) is 7.73. The Bertz CT molecular complexity index is 565. The molecule has 2 N–H and O–H groups in total. The molecule has 0 spiro atoms. The molecule has 1 aromatic carbocycles. The smallest absolute Gasteiger partial charge is 0.243 e. The quantitative estimate of drug-likeness (QED) is 0.811. The van der Waals surface area contributed by atoms with E-state index in [1.165, 1.54) is 4.31 Å². The molecule has 106 valence electrons. The number of hydrogen-bond donors (Lipinski definition) is 1. The van der Waals surface area contributed by atoms with Crippen LogP contribution >= 0.6 is 0 Å². The van der Waals surface area contributed by atoms with Gasteiger partial charge in [-0.3, -0.25) is 0 Å². The average molecular weight is 282 g/mol. The van der Waals surface area contributed by atoms with Crippen molar-refractivity contribution in [1.29, 1.82) is 0 Å². The second kappa shape index (κ2) is 6.32. The Balaban J connectivity index is 3.42. The molecular weight excluding hydrogens is 260 g/mol. The predicted octanol–water partition coefficient (Wildman–Crippen LogP) is 1.96. The fraction of sp³-hybridized carbons (Fsp3) is 0.429. The molecule has 0 bridgehead atoms. The number of rotatable bonds is 6. The van der Waals surface area contributed by atoms with E-state index in [1.807, 2.05) is 26.8 Å². The van der Waals surface area contributed by atoms with E-state index < -0.39 is 10.0 Å². The standard InChI is InChI=1S/C14H22N2O2S/c1-5-7-16(6-2)19(17,18)14-9-13(10-15)8-11(3)12(14)4/h5,8-9H,1,6-7,10,15H2,2-4H3. The summed E-state index contributed by atoms with van der Waals surface area (Å²) in [6.45, 7) is 10.2. The Morgan fingerprint density at radius 3 is 2.47 bits per heavy atom. The van der Waals surface area contributed by atoms with Gasteiger partial charge in [-0.05, 0) is 36.6 Å². The molecule has 0 saturated carbocycles. The summed E-state index contributed by atoms with van der Waals surface area (Å²) < 4.78 is 26.7. The molecule has 0 amide bonds. The van der Waals surface area contributed by atoms with Crippen LogP contribution in [0.4, 0.5) is 0 Å². The zero-order valence-corrected chi connectivity index (χ0v) is 12.6. The van der Waals surface area contributed by atoms with Gasteiger partial charge in [0.15, 0.2) is 0 Å². The molecular formula is C14H22N2O2S. The number of aryl methyl sites for hydroxylation is 1. The van der Waals surface area contributed by atoms with E-state index in [1.54, 1.807) is 12.1 Å². The van der Waals surface area contributed by atoms with Crippen LogP contribution in [0.15, 0.2) is 29.7 Å². The van der Waals surface area contributed by atoms with E-state index in [-0.39, 0.29) is 0 Å². The van der Waals surface area contributed by atoms with Crippen molar-refractivity contribution in [2.75, 3.05) is 13.1 Å². The molecule has 0 radical (unpaired) electrons. The predicted molar refractivity (Wildman–Crippen MR) is 78.4 cm³/mol. The first-order valence-electron chi connectivity index (χ1n) is 6.29. The second-order valence-electron chi connectivity index (χ2n) is 4.48. The maximum atomic E-state index is 12.6. The number of sulfonamides is 1. The van der Waals surface area contributed by atoms with E-state index in [0.717, 1.165) is 16.7 Å². The first-order chi connectivity index (χ1) is 8.88. The third-order valence-corrected chi connectivity index (χ3v) is 5.29. The number of nitrogens with zero attached hydrogens (tertiary/aromatic N) is 1. The van der Waals surface area contributed by atoms with Crippen molar-refractivity contribution < 1.29 is 8.42 Å². The van der Waals surface area contributed by atoms with Crippen molar-refractivity contribution >= 4 is 10.0 Å². The van der Waals surface area contributed by atoms with Crippen LogP contribution in [0.5, 0.6) is 0 Å². The van der Waals surface area contributed by atoms with E-state index in [9.17, 15) is 8.42 Å². The van der Waals surface area contributed by atoms with Crippen molar-refractivity contribution in [1.82, 2.24) is 4.31 Å². The van der Waals surface area contributed by atoms with E-state index in [2.05, 4.69) is 6.58 Å². The molecule has 4 nitrogen and oxygen atoms in total. The van der Waals surface area contributed by atoms with Gasteiger partial charge in [0, 0.05) is 19.6 Å². The highest BCUT2D eigenvalue weighted by Crippen LogP contribution is 2.24. The number of benzene rings is 1. The Morgan fingerprint density at radius 2 is 2.00 bits per heavy atom. The second-order valence-corrected chi connectivity index (χ2v) is 6.39. The Morgan fingerprint density at radius 1 is 1.37 bits per heavy atom. The van der Waals surface area contributed by atoms with Crippen LogP contribution in [0.2, 0.25) is 0 Å². The molecule has 0 aliphatic carbocycles. The summed E-state index contributed by atoms with van der Waals surface area (Å²) in [6, 6.07) is 3.60. The minimum atomic E-state index is -3.49. The molecule has 19 heavy (non-hydrogen) atoms. The van der Waals surface area contributed by atoms with Crippen molar-refractivity contribution in [3.63, 3.8) is 0 Å². The first kappa shape index (κ1) is 15.9. The highest BCUT2D eigenvalue weighted by molar-refractivity contribution is 7.89. The van der Waals surface area contributed by atoms with Gasteiger partial charge in [0.1, 0.15) is 0 Å².